The van der Waals surface area contributed by atoms with Crippen LogP contribution in [0, 0.1) is 0 Å². The van der Waals surface area contributed by atoms with Crippen molar-refractivity contribution in [1.29, 1.82) is 0 Å². The van der Waals surface area contributed by atoms with Gasteiger partial charge in [0.25, 0.3) is 0 Å². The lowest BCUT2D eigenvalue weighted by molar-refractivity contribution is -0.139. The molecule has 2 unspecified atom stereocenters. The van der Waals surface area contributed by atoms with Crippen LogP contribution in [0.4, 0.5) is 0 Å². The van der Waals surface area contributed by atoms with Gasteiger partial charge in [0.15, 0.2) is 0 Å². The Labute approximate surface area is 105 Å². The summed E-state index contributed by atoms with van der Waals surface area (Å²) in [6.45, 7) is 10.0. The second kappa shape index (κ2) is 5.91. The van der Waals surface area contributed by atoms with Crippen molar-refractivity contribution in [3.8, 4) is 0 Å². The summed E-state index contributed by atoms with van der Waals surface area (Å²) in [4.78, 5) is 22.5. The van der Waals surface area contributed by atoms with Gasteiger partial charge in [0.1, 0.15) is 9.49 Å². The van der Waals surface area contributed by atoms with Crippen molar-refractivity contribution in [2.75, 3.05) is 0 Å². The van der Waals surface area contributed by atoms with E-state index in [1.807, 2.05) is 0 Å². The van der Waals surface area contributed by atoms with Crippen molar-refractivity contribution >= 4 is 23.7 Å². The van der Waals surface area contributed by atoms with Crippen molar-refractivity contribution in [2.24, 2.45) is 0 Å². The van der Waals surface area contributed by atoms with Crippen LogP contribution in [-0.4, -0.2) is 31.6 Å². The van der Waals surface area contributed by atoms with E-state index < -0.39 is 21.4 Å². The van der Waals surface area contributed by atoms with Crippen molar-refractivity contribution in [3.63, 3.8) is 0 Å². The first kappa shape index (κ1) is 15.8. The lowest BCUT2D eigenvalue weighted by atomic mass is 10.1. The summed E-state index contributed by atoms with van der Waals surface area (Å²) in [5.41, 5.74) is 0. The summed E-state index contributed by atoms with van der Waals surface area (Å²) in [6, 6.07) is 0. The van der Waals surface area contributed by atoms with Gasteiger partial charge in [0.05, 0.1) is 0 Å². The fourth-order valence-corrected chi connectivity index (χ4v) is 2.96. The molecule has 0 fully saturated rings. The molecule has 0 radical (unpaired) electrons. The molecule has 4 nitrogen and oxygen atoms in total. The molecule has 2 atom stereocenters. The van der Waals surface area contributed by atoms with Gasteiger partial charge in [-0.25, -0.2) is 0 Å². The van der Waals surface area contributed by atoms with Crippen molar-refractivity contribution in [2.45, 2.75) is 36.2 Å². The van der Waals surface area contributed by atoms with Crippen LogP contribution >= 0.6 is 11.8 Å². The molecule has 0 spiro atoms. The zero-order valence-corrected chi connectivity index (χ0v) is 10.9. The Kier molecular flexibility index (Phi) is 5.48. The highest BCUT2D eigenvalue weighted by Crippen LogP contribution is 2.42. The average molecular weight is 258 g/mol. The normalized spacial score (nSPS) is 17.5. The Morgan fingerprint density at radius 1 is 1.06 bits per heavy atom. The molecule has 0 aromatic carbocycles. The van der Waals surface area contributed by atoms with Gasteiger partial charge in [0, 0.05) is 0 Å². The molecule has 2 N–H and O–H groups in total. The van der Waals surface area contributed by atoms with Gasteiger partial charge in [0.2, 0.25) is 0 Å². The Morgan fingerprint density at radius 2 is 1.35 bits per heavy atom. The van der Waals surface area contributed by atoms with Crippen molar-refractivity contribution in [3.05, 3.63) is 25.3 Å². The van der Waals surface area contributed by atoms with Crippen molar-refractivity contribution in [1.82, 2.24) is 0 Å². The van der Waals surface area contributed by atoms with Gasteiger partial charge in [-0.15, -0.1) is 24.9 Å². The second-order valence-electron chi connectivity index (χ2n) is 4.16. The van der Waals surface area contributed by atoms with Crippen LogP contribution in [0.15, 0.2) is 25.3 Å². The van der Waals surface area contributed by atoms with E-state index in [1.165, 1.54) is 26.0 Å². The van der Waals surface area contributed by atoms with Crippen LogP contribution in [-0.2, 0) is 9.59 Å². The quantitative estimate of drug-likeness (QED) is 0.654. The van der Waals surface area contributed by atoms with E-state index in [-0.39, 0.29) is 12.8 Å². The first-order valence-corrected chi connectivity index (χ1v) is 5.92. The molecule has 5 heteroatoms. The van der Waals surface area contributed by atoms with E-state index in [0.29, 0.717) is 0 Å². The highest BCUT2D eigenvalue weighted by molar-refractivity contribution is 8.03. The lowest BCUT2D eigenvalue weighted by Gasteiger charge is -2.32. The number of allylic oxidation sites excluding steroid dienone is 2. The molecule has 0 heterocycles. The summed E-state index contributed by atoms with van der Waals surface area (Å²) in [6.07, 6.45) is 3.37. The van der Waals surface area contributed by atoms with Crippen LogP contribution < -0.4 is 0 Å². The molecule has 0 saturated carbocycles. The van der Waals surface area contributed by atoms with Crippen LogP contribution in [0.25, 0.3) is 0 Å². The number of aliphatic carboxylic acids is 2. The van der Waals surface area contributed by atoms with Gasteiger partial charge in [-0.1, -0.05) is 12.2 Å². The zero-order chi connectivity index (χ0) is 13.7. The number of rotatable bonds is 8. The van der Waals surface area contributed by atoms with E-state index in [0.717, 1.165) is 11.8 Å². The predicted octanol–water partition coefficient (Wildman–Crippen LogP) is 2.56. The Morgan fingerprint density at radius 3 is 1.53 bits per heavy atom. The van der Waals surface area contributed by atoms with E-state index in [4.69, 9.17) is 0 Å². The fourth-order valence-electron chi connectivity index (χ4n) is 1.39. The van der Waals surface area contributed by atoms with Gasteiger partial charge in [-0.3, -0.25) is 9.59 Å². The number of carboxylic acids is 2. The number of thioether (sulfide) groups is 1. The number of hydrogen-bond acceptors (Lipinski definition) is 3. The van der Waals surface area contributed by atoms with Crippen molar-refractivity contribution < 1.29 is 19.8 Å². The molecule has 0 aliphatic carbocycles. The summed E-state index contributed by atoms with van der Waals surface area (Å²) in [5, 5.41) is 18.4. The van der Waals surface area contributed by atoms with E-state index in [2.05, 4.69) is 13.2 Å². The first-order chi connectivity index (χ1) is 7.72. The first-order valence-electron chi connectivity index (χ1n) is 5.10. The largest absolute Gasteiger partial charge is 0.480 e. The van der Waals surface area contributed by atoms with Gasteiger partial charge in [-0.05, 0) is 26.7 Å². The second-order valence-corrected chi connectivity index (χ2v) is 6.17. The van der Waals surface area contributed by atoms with E-state index >= 15 is 0 Å². The third-order valence-corrected chi connectivity index (χ3v) is 4.01. The van der Waals surface area contributed by atoms with E-state index in [9.17, 15) is 19.8 Å². The standard InChI is InChI=1S/C12H18O4S/c1-5-7-11(3,9(13)14)17-12(4,8-6-2)10(15)16/h5-6H,1-2,7-8H2,3-4H3,(H,13,14)(H,15,16). The third-order valence-electron chi connectivity index (χ3n) is 2.42. The Bertz CT molecular complexity index is 307. The topological polar surface area (TPSA) is 74.6 Å². The minimum atomic E-state index is -1.20. The molecule has 0 amide bonds. The fraction of sp³-hybridized carbons (Fsp3) is 0.500. The van der Waals surface area contributed by atoms with Crippen LogP contribution in [0.1, 0.15) is 26.7 Å². The summed E-state index contributed by atoms with van der Waals surface area (Å²) >= 11 is 0.918. The van der Waals surface area contributed by atoms with E-state index in [1.54, 1.807) is 0 Å². The highest BCUT2D eigenvalue weighted by Gasteiger charge is 2.44. The number of carbonyl (C=O) groups is 2. The smallest absolute Gasteiger partial charge is 0.319 e. The molecule has 0 rings (SSSR count). The molecule has 0 aliphatic rings. The average Bonchev–Trinajstić information content (AvgIpc) is 2.17. The van der Waals surface area contributed by atoms with Gasteiger partial charge >= 0.3 is 11.9 Å². The monoisotopic (exact) mass is 258 g/mol. The lowest BCUT2D eigenvalue weighted by Crippen LogP contribution is -2.41. The molecule has 0 aromatic rings. The number of carboxylic acid groups (broad SMARTS) is 2. The summed E-state index contributed by atoms with van der Waals surface area (Å²) in [7, 11) is 0. The summed E-state index contributed by atoms with van der Waals surface area (Å²) in [5.74, 6) is -2.09. The summed E-state index contributed by atoms with van der Waals surface area (Å²) < 4.78 is -2.39. The highest BCUT2D eigenvalue weighted by atomic mass is 32.2. The minimum absolute atomic E-state index is 0.201. The van der Waals surface area contributed by atoms with Crippen LogP contribution in [0.5, 0.6) is 0 Å². The minimum Gasteiger partial charge on any atom is -0.480 e. The van der Waals surface area contributed by atoms with Crippen LogP contribution in [0.3, 0.4) is 0 Å². The third kappa shape index (κ3) is 3.93. The van der Waals surface area contributed by atoms with Gasteiger partial charge < -0.3 is 10.2 Å². The molecular formula is C12H18O4S. The Hall–Kier alpha value is -1.23. The molecule has 0 aliphatic heterocycles. The molecule has 0 aromatic heterocycles. The molecule has 0 saturated heterocycles. The predicted molar refractivity (Wildman–Crippen MR) is 69.3 cm³/mol. The van der Waals surface area contributed by atoms with Crippen LogP contribution in [0.2, 0.25) is 0 Å². The maximum absolute atomic E-state index is 11.2. The van der Waals surface area contributed by atoms with Gasteiger partial charge in [-0.2, -0.15) is 0 Å². The Balaban J connectivity index is 5.19. The SMILES string of the molecule is C=CCC(C)(SC(C)(CC=C)C(=O)O)C(=O)O. The molecule has 17 heavy (non-hydrogen) atoms. The maximum atomic E-state index is 11.2. The molecular weight excluding hydrogens is 240 g/mol. The maximum Gasteiger partial charge on any atom is 0.319 e. The molecule has 0 bridgehead atoms. The number of hydrogen-bond donors (Lipinski definition) is 2. The zero-order valence-electron chi connectivity index (χ0n) is 10.1. The molecule has 96 valence electrons.